The van der Waals surface area contributed by atoms with Gasteiger partial charge in [-0.25, -0.2) is 9.37 Å². The summed E-state index contributed by atoms with van der Waals surface area (Å²) >= 11 is 14.1. The van der Waals surface area contributed by atoms with Gasteiger partial charge in [0.2, 0.25) is 0 Å². The van der Waals surface area contributed by atoms with Crippen molar-refractivity contribution in [2.45, 2.75) is 0 Å². The third-order valence-electron chi connectivity index (χ3n) is 3.95. The molecular formula is C20H11Cl2FN2OS. The van der Waals surface area contributed by atoms with Gasteiger partial charge in [-0.3, -0.25) is 4.79 Å². The third kappa shape index (κ3) is 3.54. The molecule has 0 fully saturated rings. The lowest BCUT2D eigenvalue weighted by Crippen LogP contribution is -2.14. The summed E-state index contributed by atoms with van der Waals surface area (Å²) < 4.78 is 14.9. The van der Waals surface area contributed by atoms with Crippen LogP contribution in [0.4, 0.5) is 10.1 Å². The molecule has 7 heteroatoms. The Morgan fingerprint density at radius 2 is 1.74 bits per heavy atom. The fourth-order valence-electron chi connectivity index (χ4n) is 2.63. The van der Waals surface area contributed by atoms with Crippen molar-refractivity contribution in [2.75, 3.05) is 5.32 Å². The largest absolute Gasteiger partial charge is 0.321 e. The highest BCUT2D eigenvalue weighted by Crippen LogP contribution is 2.39. The predicted octanol–water partition coefficient (Wildman–Crippen LogP) is 6.66. The molecule has 27 heavy (non-hydrogen) atoms. The maximum absolute atomic E-state index is 13.8. The first-order chi connectivity index (χ1) is 13.0. The number of hydrogen-bond donors (Lipinski definition) is 1. The highest BCUT2D eigenvalue weighted by atomic mass is 35.5. The van der Waals surface area contributed by atoms with Gasteiger partial charge in [-0.05, 0) is 36.4 Å². The standard InChI is InChI=1S/C20H11Cl2FN2OS/c21-13-10-14(22)17(24-19(26)11-5-1-2-6-15(11)23)9-12(13)20-25-16-7-3-4-8-18(16)27-20/h1-10H,(H,24,26). The topological polar surface area (TPSA) is 42.0 Å². The van der Waals surface area contributed by atoms with E-state index >= 15 is 0 Å². The van der Waals surface area contributed by atoms with E-state index in [1.165, 1.54) is 29.5 Å². The van der Waals surface area contributed by atoms with Crippen molar-refractivity contribution >= 4 is 56.3 Å². The number of thiazole rings is 1. The summed E-state index contributed by atoms with van der Waals surface area (Å²) in [5.41, 5.74) is 1.78. The number of carbonyl (C=O) groups excluding carboxylic acids is 1. The molecule has 0 radical (unpaired) electrons. The van der Waals surface area contributed by atoms with Gasteiger partial charge in [0, 0.05) is 5.56 Å². The summed E-state index contributed by atoms with van der Waals surface area (Å²) in [7, 11) is 0. The van der Waals surface area contributed by atoms with Crippen LogP contribution in [0, 0.1) is 5.82 Å². The maximum Gasteiger partial charge on any atom is 0.258 e. The molecule has 0 atom stereocenters. The van der Waals surface area contributed by atoms with Gasteiger partial charge >= 0.3 is 0 Å². The molecule has 1 amide bonds. The van der Waals surface area contributed by atoms with Crippen molar-refractivity contribution < 1.29 is 9.18 Å². The first-order valence-corrected chi connectivity index (χ1v) is 9.51. The molecule has 4 rings (SSSR count). The van der Waals surface area contributed by atoms with Gasteiger partial charge < -0.3 is 5.32 Å². The van der Waals surface area contributed by atoms with Gasteiger partial charge in [0.25, 0.3) is 5.91 Å². The number of anilines is 1. The molecule has 0 aliphatic heterocycles. The minimum absolute atomic E-state index is 0.0648. The maximum atomic E-state index is 13.8. The Labute approximate surface area is 168 Å². The number of amides is 1. The quantitative estimate of drug-likeness (QED) is 0.405. The number of fused-ring (bicyclic) bond motifs is 1. The number of hydrogen-bond acceptors (Lipinski definition) is 3. The Kier molecular flexibility index (Phi) is 4.83. The Bertz CT molecular complexity index is 1140. The Morgan fingerprint density at radius 1 is 1.00 bits per heavy atom. The van der Waals surface area contributed by atoms with Gasteiger partial charge in [0.15, 0.2) is 0 Å². The lowest BCUT2D eigenvalue weighted by atomic mass is 10.1. The van der Waals surface area contributed by atoms with Crippen molar-refractivity contribution in [3.63, 3.8) is 0 Å². The van der Waals surface area contributed by atoms with Crippen LogP contribution in [0.2, 0.25) is 10.0 Å². The number of rotatable bonds is 3. The molecule has 3 nitrogen and oxygen atoms in total. The Morgan fingerprint density at radius 3 is 2.52 bits per heavy atom. The highest BCUT2D eigenvalue weighted by Gasteiger charge is 2.17. The van der Waals surface area contributed by atoms with E-state index < -0.39 is 11.7 Å². The number of para-hydroxylation sites is 1. The molecule has 1 aromatic heterocycles. The van der Waals surface area contributed by atoms with Crippen LogP contribution >= 0.6 is 34.5 Å². The third-order valence-corrected chi connectivity index (χ3v) is 5.64. The van der Waals surface area contributed by atoms with E-state index in [9.17, 15) is 9.18 Å². The summed E-state index contributed by atoms with van der Waals surface area (Å²) in [5.74, 6) is -1.20. The van der Waals surface area contributed by atoms with Gasteiger partial charge in [0.1, 0.15) is 10.8 Å². The molecule has 0 unspecified atom stereocenters. The zero-order valence-electron chi connectivity index (χ0n) is 13.7. The van der Waals surface area contributed by atoms with Crippen molar-refractivity contribution in [3.8, 4) is 10.6 Å². The number of carbonyl (C=O) groups is 1. The molecular weight excluding hydrogens is 406 g/mol. The lowest BCUT2D eigenvalue weighted by Gasteiger charge is -2.11. The summed E-state index contributed by atoms with van der Waals surface area (Å²) in [5, 5.41) is 4.03. The molecule has 0 bridgehead atoms. The highest BCUT2D eigenvalue weighted by molar-refractivity contribution is 7.21. The molecule has 4 aromatic rings. The van der Waals surface area contributed by atoms with Crippen molar-refractivity contribution in [1.29, 1.82) is 0 Å². The fourth-order valence-corrected chi connectivity index (χ4v) is 4.20. The molecule has 0 spiro atoms. The van der Waals surface area contributed by atoms with Crippen LogP contribution in [0.1, 0.15) is 10.4 Å². The smallest absolute Gasteiger partial charge is 0.258 e. The lowest BCUT2D eigenvalue weighted by molar-refractivity contribution is 0.102. The average Bonchev–Trinajstić information content (AvgIpc) is 3.08. The first kappa shape index (κ1) is 17.9. The van der Waals surface area contributed by atoms with Crippen LogP contribution in [-0.2, 0) is 0 Å². The van der Waals surface area contributed by atoms with Crippen molar-refractivity contribution in [2.24, 2.45) is 0 Å². The number of benzene rings is 3. The Hall–Kier alpha value is -2.47. The van der Waals surface area contributed by atoms with Crippen LogP contribution in [0.25, 0.3) is 20.8 Å². The fraction of sp³-hybridized carbons (Fsp3) is 0. The second-order valence-electron chi connectivity index (χ2n) is 5.73. The van der Waals surface area contributed by atoms with Crippen molar-refractivity contribution in [1.82, 2.24) is 4.98 Å². The van der Waals surface area contributed by atoms with Crippen LogP contribution in [-0.4, -0.2) is 10.9 Å². The van der Waals surface area contributed by atoms with E-state index in [2.05, 4.69) is 10.3 Å². The molecule has 1 heterocycles. The number of halogens is 3. The second kappa shape index (κ2) is 7.27. The van der Waals surface area contributed by atoms with E-state index in [1.807, 2.05) is 24.3 Å². The minimum atomic E-state index is -0.605. The van der Waals surface area contributed by atoms with Crippen LogP contribution < -0.4 is 5.32 Å². The van der Waals surface area contributed by atoms with E-state index in [-0.39, 0.29) is 10.6 Å². The summed E-state index contributed by atoms with van der Waals surface area (Å²) in [6, 6.07) is 16.7. The summed E-state index contributed by atoms with van der Waals surface area (Å²) in [6.07, 6.45) is 0. The molecule has 1 N–H and O–H groups in total. The zero-order chi connectivity index (χ0) is 19.0. The first-order valence-electron chi connectivity index (χ1n) is 7.94. The SMILES string of the molecule is O=C(Nc1cc(-c2nc3ccccc3s2)c(Cl)cc1Cl)c1ccccc1F. The molecule has 0 aliphatic carbocycles. The van der Waals surface area contributed by atoms with E-state index in [1.54, 1.807) is 18.2 Å². The van der Waals surface area contributed by atoms with Crippen LogP contribution in [0.5, 0.6) is 0 Å². The van der Waals surface area contributed by atoms with E-state index in [0.29, 0.717) is 21.3 Å². The second-order valence-corrected chi connectivity index (χ2v) is 7.58. The number of nitrogens with zero attached hydrogens (tertiary/aromatic N) is 1. The number of aromatic nitrogens is 1. The molecule has 0 saturated carbocycles. The molecule has 0 saturated heterocycles. The summed E-state index contributed by atoms with van der Waals surface area (Å²) in [4.78, 5) is 17.0. The molecule has 134 valence electrons. The van der Waals surface area contributed by atoms with E-state index in [0.717, 1.165) is 10.2 Å². The van der Waals surface area contributed by atoms with Gasteiger partial charge in [-0.2, -0.15) is 0 Å². The van der Waals surface area contributed by atoms with Gasteiger partial charge in [0.05, 0.1) is 31.5 Å². The predicted molar refractivity (Wildman–Crippen MR) is 109 cm³/mol. The zero-order valence-corrected chi connectivity index (χ0v) is 16.0. The monoisotopic (exact) mass is 416 g/mol. The molecule has 0 aliphatic rings. The summed E-state index contributed by atoms with van der Waals surface area (Å²) in [6.45, 7) is 0. The normalized spacial score (nSPS) is 10.9. The van der Waals surface area contributed by atoms with Gasteiger partial charge in [-0.1, -0.05) is 47.5 Å². The van der Waals surface area contributed by atoms with E-state index in [4.69, 9.17) is 23.2 Å². The molecule has 3 aromatic carbocycles. The minimum Gasteiger partial charge on any atom is -0.321 e. The van der Waals surface area contributed by atoms with Crippen LogP contribution in [0.15, 0.2) is 60.7 Å². The van der Waals surface area contributed by atoms with Crippen LogP contribution in [0.3, 0.4) is 0 Å². The van der Waals surface area contributed by atoms with Gasteiger partial charge in [-0.15, -0.1) is 11.3 Å². The Balaban J connectivity index is 1.73. The number of nitrogens with one attached hydrogen (secondary N) is 1. The van der Waals surface area contributed by atoms with Crippen molar-refractivity contribution in [3.05, 3.63) is 82.1 Å². The average molecular weight is 417 g/mol.